The third-order valence-corrected chi connectivity index (χ3v) is 3.39. The molecule has 0 bridgehead atoms. The predicted molar refractivity (Wildman–Crippen MR) is 70.5 cm³/mol. The highest BCUT2D eigenvalue weighted by Gasteiger charge is 2.18. The molecule has 1 aromatic rings. The Hall–Kier alpha value is -1.40. The minimum Gasteiger partial charge on any atom is -0.354 e. The van der Waals surface area contributed by atoms with E-state index in [0.29, 0.717) is 6.42 Å². The van der Waals surface area contributed by atoms with Crippen LogP contribution in [0.2, 0.25) is 0 Å². The van der Waals surface area contributed by atoms with Gasteiger partial charge >= 0.3 is 0 Å². The molecule has 1 rings (SSSR count). The molecule has 1 amide bonds. The van der Waals surface area contributed by atoms with Gasteiger partial charge in [-0.25, -0.2) is 13.6 Å². The lowest BCUT2D eigenvalue weighted by atomic mass is 9.96. The van der Waals surface area contributed by atoms with E-state index in [9.17, 15) is 13.2 Å². The summed E-state index contributed by atoms with van der Waals surface area (Å²) in [6, 6.07) is 9.39. The van der Waals surface area contributed by atoms with Gasteiger partial charge in [0.05, 0.1) is 11.7 Å². The molecule has 3 N–H and O–H groups in total. The Morgan fingerprint density at radius 2 is 1.94 bits per heavy atom. The molecule has 0 aliphatic rings. The Morgan fingerprint density at radius 1 is 1.33 bits per heavy atom. The molecule has 18 heavy (non-hydrogen) atoms. The van der Waals surface area contributed by atoms with Crippen LogP contribution >= 0.6 is 0 Å². The van der Waals surface area contributed by atoms with E-state index in [1.54, 1.807) is 0 Å². The Morgan fingerprint density at radius 3 is 2.44 bits per heavy atom. The summed E-state index contributed by atoms with van der Waals surface area (Å²) in [6.07, 6.45) is 0.658. The van der Waals surface area contributed by atoms with Crippen LogP contribution in [-0.4, -0.2) is 26.6 Å². The lowest BCUT2D eigenvalue weighted by Gasteiger charge is -2.15. The zero-order chi connectivity index (χ0) is 13.6. The fourth-order valence-electron chi connectivity index (χ4n) is 1.70. The summed E-state index contributed by atoms with van der Waals surface area (Å²) in [5.74, 6) is -0.678. The number of hydrogen-bond donors (Lipinski definition) is 2. The fourth-order valence-corrected chi connectivity index (χ4v) is 2.08. The van der Waals surface area contributed by atoms with Crippen LogP contribution in [0.3, 0.4) is 0 Å². The third kappa shape index (κ3) is 4.85. The van der Waals surface area contributed by atoms with E-state index in [0.717, 1.165) is 5.56 Å². The van der Waals surface area contributed by atoms with Crippen LogP contribution in [0.25, 0.3) is 0 Å². The monoisotopic (exact) mass is 270 g/mol. The Labute approximate surface area is 107 Å². The smallest absolute Gasteiger partial charge is 0.227 e. The quantitative estimate of drug-likeness (QED) is 0.792. The van der Waals surface area contributed by atoms with Crippen LogP contribution in [0, 0.1) is 0 Å². The van der Waals surface area contributed by atoms with E-state index in [4.69, 9.17) is 5.14 Å². The first kappa shape index (κ1) is 14.7. The largest absolute Gasteiger partial charge is 0.354 e. The number of nitrogens with one attached hydrogen (secondary N) is 1. The molecule has 1 atom stereocenters. The maximum atomic E-state index is 11.9. The lowest BCUT2D eigenvalue weighted by molar-refractivity contribution is -0.122. The van der Waals surface area contributed by atoms with Gasteiger partial charge in [-0.3, -0.25) is 4.79 Å². The van der Waals surface area contributed by atoms with E-state index < -0.39 is 10.0 Å². The summed E-state index contributed by atoms with van der Waals surface area (Å²) < 4.78 is 21.5. The SMILES string of the molecule is CCC(C(=O)NCCS(N)(=O)=O)c1ccccc1. The molecule has 0 radical (unpaired) electrons. The molecule has 0 aliphatic carbocycles. The maximum absolute atomic E-state index is 11.9. The van der Waals surface area contributed by atoms with Crippen molar-refractivity contribution in [3.63, 3.8) is 0 Å². The van der Waals surface area contributed by atoms with Crippen LogP contribution in [0.5, 0.6) is 0 Å². The van der Waals surface area contributed by atoms with Gasteiger partial charge in [-0.05, 0) is 12.0 Å². The third-order valence-electron chi connectivity index (χ3n) is 2.61. The fraction of sp³-hybridized carbons (Fsp3) is 0.417. The number of benzene rings is 1. The molecular weight excluding hydrogens is 252 g/mol. The van der Waals surface area contributed by atoms with Crippen molar-refractivity contribution in [1.29, 1.82) is 0 Å². The van der Waals surface area contributed by atoms with Crippen molar-refractivity contribution in [1.82, 2.24) is 5.32 Å². The average molecular weight is 270 g/mol. The van der Waals surface area contributed by atoms with Gasteiger partial charge in [-0.2, -0.15) is 0 Å². The average Bonchev–Trinajstić information content (AvgIpc) is 2.29. The molecule has 5 nitrogen and oxygen atoms in total. The Kier molecular flexibility index (Phi) is 5.30. The second kappa shape index (κ2) is 6.51. The molecule has 0 saturated heterocycles. The second-order valence-corrected chi connectivity index (χ2v) is 5.76. The number of carbonyl (C=O) groups excluding carboxylic acids is 1. The van der Waals surface area contributed by atoms with Gasteiger partial charge in [0, 0.05) is 6.54 Å². The number of amides is 1. The van der Waals surface area contributed by atoms with Crippen LogP contribution < -0.4 is 10.5 Å². The molecule has 1 unspecified atom stereocenters. The molecule has 0 fully saturated rings. The van der Waals surface area contributed by atoms with Gasteiger partial charge in [0.1, 0.15) is 0 Å². The van der Waals surface area contributed by atoms with Gasteiger partial charge < -0.3 is 5.32 Å². The first-order chi connectivity index (χ1) is 8.44. The van der Waals surface area contributed by atoms with E-state index in [1.807, 2.05) is 37.3 Å². The van der Waals surface area contributed by atoms with E-state index in [1.165, 1.54) is 0 Å². The number of nitrogens with two attached hydrogens (primary N) is 1. The van der Waals surface area contributed by atoms with Crippen molar-refractivity contribution >= 4 is 15.9 Å². The lowest BCUT2D eigenvalue weighted by Crippen LogP contribution is -2.34. The van der Waals surface area contributed by atoms with E-state index >= 15 is 0 Å². The molecule has 100 valence electrons. The number of rotatable bonds is 6. The van der Waals surface area contributed by atoms with Crippen LogP contribution in [0.4, 0.5) is 0 Å². The predicted octanol–water partition coefficient (Wildman–Crippen LogP) is 0.585. The first-order valence-electron chi connectivity index (χ1n) is 5.77. The molecule has 6 heteroatoms. The van der Waals surface area contributed by atoms with Crippen molar-refractivity contribution in [2.24, 2.45) is 5.14 Å². The zero-order valence-corrected chi connectivity index (χ0v) is 11.1. The summed E-state index contributed by atoms with van der Waals surface area (Å²) in [7, 11) is -3.53. The van der Waals surface area contributed by atoms with Crippen molar-refractivity contribution in [3.8, 4) is 0 Å². The summed E-state index contributed by atoms with van der Waals surface area (Å²) in [4.78, 5) is 11.9. The van der Waals surface area contributed by atoms with Gasteiger partial charge in [-0.15, -0.1) is 0 Å². The second-order valence-electron chi connectivity index (χ2n) is 4.03. The normalized spacial score (nSPS) is 13.0. The number of sulfonamides is 1. The summed E-state index contributed by atoms with van der Waals surface area (Å²) in [5.41, 5.74) is 0.924. The Balaban J connectivity index is 2.59. The van der Waals surface area contributed by atoms with Crippen molar-refractivity contribution < 1.29 is 13.2 Å². The molecule has 0 aromatic heterocycles. The van der Waals surface area contributed by atoms with Crippen LogP contribution in [0.15, 0.2) is 30.3 Å². The highest BCUT2D eigenvalue weighted by molar-refractivity contribution is 7.89. The molecule has 0 aliphatic heterocycles. The minimum atomic E-state index is -3.53. The van der Waals surface area contributed by atoms with Crippen molar-refractivity contribution in [2.75, 3.05) is 12.3 Å². The van der Waals surface area contributed by atoms with Crippen LogP contribution in [0.1, 0.15) is 24.8 Å². The van der Waals surface area contributed by atoms with Gasteiger partial charge in [-0.1, -0.05) is 37.3 Å². The van der Waals surface area contributed by atoms with Crippen molar-refractivity contribution in [3.05, 3.63) is 35.9 Å². The van der Waals surface area contributed by atoms with E-state index in [2.05, 4.69) is 5.32 Å². The van der Waals surface area contributed by atoms with Crippen LogP contribution in [-0.2, 0) is 14.8 Å². The highest BCUT2D eigenvalue weighted by atomic mass is 32.2. The highest BCUT2D eigenvalue weighted by Crippen LogP contribution is 2.18. The number of hydrogen-bond acceptors (Lipinski definition) is 3. The van der Waals surface area contributed by atoms with Gasteiger partial charge in [0.25, 0.3) is 0 Å². The van der Waals surface area contributed by atoms with Gasteiger partial charge in [0.15, 0.2) is 0 Å². The Bertz CT molecular complexity index is 485. The van der Waals surface area contributed by atoms with Crippen molar-refractivity contribution in [2.45, 2.75) is 19.3 Å². The summed E-state index contributed by atoms with van der Waals surface area (Å²) in [6.45, 7) is 1.96. The van der Waals surface area contributed by atoms with E-state index in [-0.39, 0.29) is 24.1 Å². The molecular formula is C12H18N2O3S. The number of primary sulfonamides is 1. The minimum absolute atomic E-state index is 0.0427. The zero-order valence-electron chi connectivity index (χ0n) is 10.3. The summed E-state index contributed by atoms with van der Waals surface area (Å²) in [5, 5.41) is 7.45. The number of carbonyl (C=O) groups is 1. The molecule has 0 saturated carbocycles. The molecule has 0 heterocycles. The maximum Gasteiger partial charge on any atom is 0.227 e. The molecule has 1 aromatic carbocycles. The molecule has 0 spiro atoms. The first-order valence-corrected chi connectivity index (χ1v) is 7.48. The standard InChI is InChI=1S/C12H18N2O3S/c1-2-11(10-6-4-3-5-7-10)12(15)14-8-9-18(13,16)17/h3-7,11H,2,8-9H2,1H3,(H,14,15)(H2,13,16,17). The topological polar surface area (TPSA) is 89.3 Å². The summed E-state index contributed by atoms with van der Waals surface area (Å²) >= 11 is 0. The van der Waals surface area contributed by atoms with Gasteiger partial charge in [0.2, 0.25) is 15.9 Å².